The number of ether oxygens (including phenoxy) is 1. The van der Waals surface area contributed by atoms with Gasteiger partial charge in [0.15, 0.2) is 0 Å². The summed E-state index contributed by atoms with van der Waals surface area (Å²) >= 11 is 1.49. The second-order valence-electron chi connectivity index (χ2n) is 6.85. The van der Waals surface area contributed by atoms with Crippen LogP contribution in [0.5, 0.6) is 5.75 Å². The molecule has 1 aliphatic carbocycles. The van der Waals surface area contributed by atoms with Crippen LogP contribution in [0.15, 0.2) is 24.3 Å². The number of carbonyl (C=O) groups excluding carboxylic acids is 2. The fourth-order valence-corrected chi connectivity index (χ4v) is 4.74. The number of nitrogens with zero attached hydrogens (tertiary/aromatic N) is 1. The molecule has 2 aromatic rings. The minimum absolute atomic E-state index is 0.146. The standard InChI is InChI=1S/C20H25N3O3S/c1-23(11-13-7-9-14(26-2)10-8-13)12-17(24)22-20-18(19(21)25)15-5-3-4-6-16(15)27-20/h7-10H,3-6,11-12H2,1-2H3,(H2,21,25)(H,22,24). The van der Waals surface area contributed by atoms with Crippen LogP contribution < -0.4 is 15.8 Å². The van der Waals surface area contributed by atoms with Crippen LogP contribution in [0.1, 0.15) is 39.2 Å². The van der Waals surface area contributed by atoms with Gasteiger partial charge in [0.2, 0.25) is 5.91 Å². The van der Waals surface area contributed by atoms with Crippen LogP contribution in [0.4, 0.5) is 5.00 Å². The SMILES string of the molecule is COc1ccc(CN(C)CC(=O)Nc2sc3c(c2C(N)=O)CCCC3)cc1. The number of thiophene rings is 1. The molecule has 1 aliphatic rings. The molecule has 0 bridgehead atoms. The van der Waals surface area contributed by atoms with Crippen molar-refractivity contribution in [3.63, 3.8) is 0 Å². The molecule has 0 unspecified atom stereocenters. The Hall–Kier alpha value is -2.38. The van der Waals surface area contributed by atoms with E-state index in [1.807, 2.05) is 36.2 Å². The molecule has 2 amide bonds. The maximum atomic E-state index is 12.5. The van der Waals surface area contributed by atoms with Crippen molar-refractivity contribution in [3.8, 4) is 5.75 Å². The van der Waals surface area contributed by atoms with E-state index in [0.29, 0.717) is 17.1 Å². The van der Waals surface area contributed by atoms with Gasteiger partial charge in [-0.25, -0.2) is 0 Å². The van der Waals surface area contributed by atoms with Gasteiger partial charge in [0.05, 0.1) is 19.2 Å². The van der Waals surface area contributed by atoms with E-state index in [1.165, 1.54) is 16.2 Å². The highest BCUT2D eigenvalue weighted by Crippen LogP contribution is 2.37. The summed E-state index contributed by atoms with van der Waals surface area (Å²) in [6.45, 7) is 0.869. The maximum absolute atomic E-state index is 12.5. The Morgan fingerprint density at radius 3 is 2.59 bits per heavy atom. The minimum Gasteiger partial charge on any atom is -0.497 e. The van der Waals surface area contributed by atoms with Gasteiger partial charge in [-0.3, -0.25) is 14.5 Å². The molecule has 0 aliphatic heterocycles. The third kappa shape index (κ3) is 4.67. The monoisotopic (exact) mass is 387 g/mol. The normalized spacial score (nSPS) is 13.3. The van der Waals surface area contributed by atoms with Crippen molar-refractivity contribution >= 4 is 28.2 Å². The summed E-state index contributed by atoms with van der Waals surface area (Å²) in [5.74, 6) is 0.197. The summed E-state index contributed by atoms with van der Waals surface area (Å²) < 4.78 is 5.16. The largest absolute Gasteiger partial charge is 0.497 e. The van der Waals surface area contributed by atoms with E-state index in [2.05, 4.69) is 5.32 Å². The van der Waals surface area contributed by atoms with E-state index in [0.717, 1.165) is 42.6 Å². The number of hydrogen-bond donors (Lipinski definition) is 2. The molecule has 0 radical (unpaired) electrons. The van der Waals surface area contributed by atoms with Gasteiger partial charge in [0, 0.05) is 11.4 Å². The average molecular weight is 388 g/mol. The first-order valence-corrected chi connectivity index (χ1v) is 9.85. The minimum atomic E-state index is -0.462. The van der Waals surface area contributed by atoms with Gasteiger partial charge in [-0.1, -0.05) is 12.1 Å². The molecule has 1 aromatic carbocycles. The smallest absolute Gasteiger partial charge is 0.251 e. The number of hydrogen-bond acceptors (Lipinski definition) is 5. The van der Waals surface area contributed by atoms with Gasteiger partial charge >= 0.3 is 0 Å². The second-order valence-corrected chi connectivity index (χ2v) is 7.95. The Morgan fingerprint density at radius 1 is 1.22 bits per heavy atom. The van der Waals surface area contributed by atoms with E-state index in [9.17, 15) is 9.59 Å². The Morgan fingerprint density at radius 2 is 1.93 bits per heavy atom. The fourth-order valence-electron chi connectivity index (χ4n) is 3.42. The van der Waals surface area contributed by atoms with Crippen LogP contribution in [0, 0.1) is 0 Å². The lowest BCUT2D eigenvalue weighted by molar-refractivity contribution is -0.117. The van der Waals surface area contributed by atoms with Crippen LogP contribution in [-0.2, 0) is 24.2 Å². The van der Waals surface area contributed by atoms with E-state index in [-0.39, 0.29) is 12.5 Å². The molecule has 3 rings (SSSR count). The molecule has 6 nitrogen and oxygen atoms in total. The van der Waals surface area contributed by atoms with E-state index >= 15 is 0 Å². The quantitative estimate of drug-likeness (QED) is 0.765. The lowest BCUT2D eigenvalue weighted by Gasteiger charge is -2.16. The molecule has 0 spiro atoms. The van der Waals surface area contributed by atoms with Crippen molar-refractivity contribution in [1.29, 1.82) is 0 Å². The number of primary amides is 1. The number of anilines is 1. The van der Waals surface area contributed by atoms with Gasteiger partial charge < -0.3 is 15.8 Å². The molecule has 3 N–H and O–H groups in total. The van der Waals surface area contributed by atoms with Crippen molar-refractivity contribution in [1.82, 2.24) is 4.90 Å². The van der Waals surface area contributed by atoms with Crippen molar-refractivity contribution in [3.05, 3.63) is 45.8 Å². The highest BCUT2D eigenvalue weighted by Gasteiger charge is 2.25. The predicted molar refractivity (Wildman–Crippen MR) is 107 cm³/mol. The average Bonchev–Trinajstić information content (AvgIpc) is 2.99. The summed E-state index contributed by atoms with van der Waals surface area (Å²) in [4.78, 5) is 27.5. The number of methoxy groups -OCH3 is 1. The first kappa shape index (κ1) is 19.4. The molecule has 1 aromatic heterocycles. The van der Waals surface area contributed by atoms with Crippen molar-refractivity contribution in [2.75, 3.05) is 26.0 Å². The molecule has 27 heavy (non-hydrogen) atoms. The number of benzene rings is 1. The Labute approximate surface area is 163 Å². The van der Waals surface area contributed by atoms with Crippen molar-refractivity contribution in [2.45, 2.75) is 32.2 Å². The topological polar surface area (TPSA) is 84.7 Å². The van der Waals surface area contributed by atoms with Gasteiger partial charge in [-0.15, -0.1) is 11.3 Å². The van der Waals surface area contributed by atoms with Crippen LogP contribution >= 0.6 is 11.3 Å². The maximum Gasteiger partial charge on any atom is 0.251 e. The summed E-state index contributed by atoms with van der Waals surface area (Å²) in [6.07, 6.45) is 3.98. The second kappa shape index (κ2) is 8.54. The molecular formula is C20H25N3O3S. The third-order valence-electron chi connectivity index (χ3n) is 4.70. The van der Waals surface area contributed by atoms with Crippen molar-refractivity contribution in [2.24, 2.45) is 5.73 Å². The predicted octanol–water partition coefficient (Wildman–Crippen LogP) is 2.80. The van der Waals surface area contributed by atoms with Gasteiger partial charge in [-0.2, -0.15) is 0 Å². The molecule has 144 valence electrons. The number of fused-ring (bicyclic) bond motifs is 1. The van der Waals surface area contributed by atoms with E-state index in [1.54, 1.807) is 7.11 Å². The molecule has 1 heterocycles. The van der Waals surface area contributed by atoms with Gasteiger partial charge in [-0.05, 0) is 56.0 Å². The number of nitrogens with two attached hydrogens (primary N) is 1. The summed E-state index contributed by atoms with van der Waals surface area (Å²) in [5.41, 5.74) is 8.20. The molecule has 0 saturated carbocycles. The first-order chi connectivity index (χ1) is 13.0. The number of carbonyl (C=O) groups is 2. The highest BCUT2D eigenvalue weighted by molar-refractivity contribution is 7.17. The lowest BCUT2D eigenvalue weighted by atomic mass is 9.95. The van der Waals surface area contributed by atoms with Crippen LogP contribution in [-0.4, -0.2) is 37.4 Å². The number of nitrogens with one attached hydrogen (secondary N) is 1. The molecular weight excluding hydrogens is 362 g/mol. The van der Waals surface area contributed by atoms with Crippen LogP contribution in [0.25, 0.3) is 0 Å². The first-order valence-electron chi connectivity index (χ1n) is 9.03. The molecule has 0 fully saturated rings. The number of rotatable bonds is 7. The molecule has 0 saturated heterocycles. The van der Waals surface area contributed by atoms with E-state index in [4.69, 9.17) is 10.5 Å². The number of aryl methyl sites for hydroxylation is 1. The summed E-state index contributed by atoms with van der Waals surface area (Å²) in [5, 5.41) is 3.50. The zero-order chi connectivity index (χ0) is 19.4. The third-order valence-corrected chi connectivity index (χ3v) is 5.90. The van der Waals surface area contributed by atoms with Gasteiger partial charge in [0.1, 0.15) is 10.8 Å². The Bertz CT molecular complexity index is 830. The number of amides is 2. The Kier molecular flexibility index (Phi) is 6.13. The van der Waals surface area contributed by atoms with Crippen LogP contribution in [0.2, 0.25) is 0 Å². The van der Waals surface area contributed by atoms with E-state index < -0.39 is 5.91 Å². The zero-order valence-electron chi connectivity index (χ0n) is 15.7. The number of likely N-dealkylation sites (N-methyl/N-ethyl adjacent to an activating group) is 1. The molecule has 0 atom stereocenters. The zero-order valence-corrected chi connectivity index (χ0v) is 16.5. The van der Waals surface area contributed by atoms with Gasteiger partial charge in [0.25, 0.3) is 5.91 Å². The highest BCUT2D eigenvalue weighted by atomic mass is 32.1. The Balaban J connectivity index is 1.63. The summed E-state index contributed by atoms with van der Waals surface area (Å²) in [7, 11) is 3.52. The molecule has 7 heteroatoms. The fraction of sp³-hybridized carbons (Fsp3) is 0.400. The summed E-state index contributed by atoms with van der Waals surface area (Å²) in [6, 6.07) is 7.76. The lowest BCUT2D eigenvalue weighted by Crippen LogP contribution is -2.30. The van der Waals surface area contributed by atoms with Crippen molar-refractivity contribution < 1.29 is 14.3 Å². The van der Waals surface area contributed by atoms with Crippen LogP contribution in [0.3, 0.4) is 0 Å².